The Hall–Kier alpha value is -0.720. The summed E-state index contributed by atoms with van der Waals surface area (Å²) < 4.78 is 5.36. The third kappa shape index (κ3) is 24.6. The van der Waals surface area contributed by atoms with Gasteiger partial charge in [0.2, 0.25) is 0 Å². The lowest BCUT2D eigenvalue weighted by Crippen LogP contribution is -1.90. The molecule has 0 atom stereocenters. The topological polar surface area (TPSA) is 29.5 Å². The molecular weight excluding hydrogens is 188 g/mol. The zero-order valence-corrected chi connectivity index (χ0v) is 10.8. The van der Waals surface area contributed by atoms with Crippen LogP contribution in [0.1, 0.15) is 53.9 Å². The summed E-state index contributed by atoms with van der Waals surface area (Å²) in [6, 6.07) is 0. The van der Waals surface area contributed by atoms with Gasteiger partial charge in [0.05, 0.1) is 6.61 Å². The minimum Gasteiger partial charge on any atom is -0.490 e. The van der Waals surface area contributed by atoms with E-state index >= 15 is 0 Å². The summed E-state index contributed by atoms with van der Waals surface area (Å²) >= 11 is 0. The number of allylic oxidation sites excluding steroid dienone is 1. The molecule has 0 spiro atoms. The number of ether oxygens (including phenoxy) is 1. The molecule has 0 aliphatic carbocycles. The monoisotopic (exact) mass is 214 g/mol. The highest BCUT2D eigenvalue weighted by Gasteiger charge is 1.87. The van der Waals surface area contributed by atoms with Gasteiger partial charge in [-0.2, -0.15) is 0 Å². The second-order valence-electron chi connectivity index (χ2n) is 3.64. The quantitative estimate of drug-likeness (QED) is 0.430. The Morgan fingerprint density at radius 1 is 1.40 bits per heavy atom. The Balaban J connectivity index is 0. The van der Waals surface area contributed by atoms with Crippen LogP contribution < -0.4 is 0 Å². The zero-order valence-electron chi connectivity index (χ0n) is 10.8. The van der Waals surface area contributed by atoms with Crippen molar-refractivity contribution >= 4 is 0 Å². The molecule has 0 aromatic heterocycles. The van der Waals surface area contributed by atoms with E-state index in [-0.39, 0.29) is 6.10 Å². The molecule has 2 heteroatoms. The van der Waals surface area contributed by atoms with Gasteiger partial charge in [0.1, 0.15) is 5.76 Å². The number of unbranched alkanes of at least 4 members (excludes halogenated alkanes) is 2. The lowest BCUT2D eigenvalue weighted by Gasteiger charge is -2.02. The second kappa shape index (κ2) is 13.3. The summed E-state index contributed by atoms with van der Waals surface area (Å²) in [6.45, 7) is 10.3. The molecule has 0 rings (SSSR count). The fraction of sp³-hybridized carbons (Fsp3) is 0.769. The predicted octanol–water partition coefficient (Wildman–Crippen LogP) is 3.66. The number of rotatable bonds is 5. The van der Waals surface area contributed by atoms with Gasteiger partial charge in [-0.15, -0.1) is 0 Å². The molecule has 0 fully saturated rings. The third-order valence-electron chi connectivity index (χ3n) is 1.41. The highest BCUT2D eigenvalue weighted by molar-refractivity contribution is 4.87. The number of hydrogen-bond acceptors (Lipinski definition) is 2. The molecule has 1 N–H and O–H groups in total. The van der Waals surface area contributed by atoms with Gasteiger partial charge in [-0.3, -0.25) is 0 Å². The highest BCUT2D eigenvalue weighted by atomic mass is 16.5. The smallest absolute Gasteiger partial charge is 0.135 e. The fourth-order valence-electron chi connectivity index (χ4n) is 0.822. The highest BCUT2D eigenvalue weighted by Crippen LogP contribution is 1.98. The molecule has 0 heterocycles. The van der Waals surface area contributed by atoms with Gasteiger partial charge in [-0.05, 0) is 33.3 Å². The van der Waals surface area contributed by atoms with E-state index in [1.165, 1.54) is 12.8 Å². The van der Waals surface area contributed by atoms with E-state index in [9.17, 15) is 0 Å². The Labute approximate surface area is 94.7 Å². The summed E-state index contributed by atoms with van der Waals surface area (Å²) in [5, 5.41) is 8.06. The molecule has 0 amide bonds. The second-order valence-corrected chi connectivity index (χ2v) is 3.64. The number of aliphatic hydroxyl groups is 1. The van der Waals surface area contributed by atoms with Gasteiger partial charge in [0, 0.05) is 13.0 Å². The maximum absolute atomic E-state index is 8.06. The van der Waals surface area contributed by atoms with Crippen molar-refractivity contribution in [1.29, 1.82) is 0 Å². The molecule has 0 aromatic rings. The van der Waals surface area contributed by atoms with Gasteiger partial charge in [0.15, 0.2) is 0 Å². The molecule has 0 bridgehead atoms. The predicted molar refractivity (Wildman–Crippen MR) is 65.8 cm³/mol. The van der Waals surface area contributed by atoms with Crippen molar-refractivity contribution < 1.29 is 9.84 Å². The summed E-state index contributed by atoms with van der Waals surface area (Å²) in [7, 11) is 0. The molecule has 0 saturated carbocycles. The largest absolute Gasteiger partial charge is 0.490 e. The molecule has 0 aliphatic rings. The van der Waals surface area contributed by atoms with Crippen molar-refractivity contribution in [3.8, 4) is 0 Å². The van der Waals surface area contributed by atoms with E-state index in [4.69, 9.17) is 9.84 Å². The van der Waals surface area contributed by atoms with Gasteiger partial charge < -0.3 is 9.84 Å². The first-order valence-corrected chi connectivity index (χ1v) is 5.73. The fourth-order valence-corrected chi connectivity index (χ4v) is 0.822. The molecule has 2 nitrogen and oxygen atoms in total. The summed E-state index contributed by atoms with van der Waals surface area (Å²) in [5.74, 6) is 0.892. The lowest BCUT2D eigenvalue weighted by atomic mass is 10.3. The first kappa shape index (κ1) is 16.7. The van der Waals surface area contributed by atoms with E-state index in [1.807, 2.05) is 19.9 Å². The minimum absolute atomic E-state index is 0.167. The van der Waals surface area contributed by atoms with Gasteiger partial charge >= 0.3 is 0 Å². The zero-order chi connectivity index (χ0) is 12.1. The van der Waals surface area contributed by atoms with Crippen molar-refractivity contribution in [2.24, 2.45) is 0 Å². The lowest BCUT2D eigenvalue weighted by molar-refractivity contribution is 0.208. The molecule has 90 valence electrons. The Morgan fingerprint density at radius 3 is 2.33 bits per heavy atom. The first-order valence-electron chi connectivity index (χ1n) is 5.73. The van der Waals surface area contributed by atoms with Crippen LogP contribution in [0.5, 0.6) is 0 Å². The van der Waals surface area contributed by atoms with Crippen LogP contribution in [-0.2, 0) is 4.74 Å². The van der Waals surface area contributed by atoms with Crippen LogP contribution in [0.25, 0.3) is 0 Å². The molecule has 0 aromatic carbocycles. The van der Waals surface area contributed by atoms with Crippen LogP contribution in [0.4, 0.5) is 0 Å². The maximum Gasteiger partial charge on any atom is 0.135 e. The SMILES string of the molecule is CC(C)O.CC=C=C(C)OCCCCC. The third-order valence-corrected chi connectivity index (χ3v) is 1.41. The van der Waals surface area contributed by atoms with Crippen LogP contribution in [0.2, 0.25) is 0 Å². The Kier molecular flexibility index (Phi) is 14.8. The van der Waals surface area contributed by atoms with Crippen molar-refractivity contribution in [3.63, 3.8) is 0 Å². The molecule has 0 aliphatic heterocycles. The number of aliphatic hydroxyl groups excluding tert-OH is 1. The summed E-state index contributed by atoms with van der Waals surface area (Å²) in [4.78, 5) is 0. The van der Waals surface area contributed by atoms with Gasteiger partial charge in [-0.25, -0.2) is 0 Å². The molecule has 0 unspecified atom stereocenters. The maximum atomic E-state index is 8.06. The average molecular weight is 214 g/mol. The molecule has 0 saturated heterocycles. The number of hydrogen-bond donors (Lipinski definition) is 1. The summed E-state index contributed by atoms with van der Waals surface area (Å²) in [6.07, 6.45) is 5.35. The standard InChI is InChI=1S/C10H18O.C3H8O/c1-4-6-7-9-11-10(3)8-5-2;1-3(2)4/h5H,4,6-7,9H2,1-3H3;3-4H,1-2H3. The van der Waals surface area contributed by atoms with E-state index in [0.29, 0.717) is 0 Å². The Morgan fingerprint density at radius 2 is 1.93 bits per heavy atom. The van der Waals surface area contributed by atoms with Crippen LogP contribution in [-0.4, -0.2) is 17.8 Å². The van der Waals surface area contributed by atoms with Crippen molar-refractivity contribution in [2.75, 3.05) is 6.61 Å². The van der Waals surface area contributed by atoms with Crippen LogP contribution in [0.3, 0.4) is 0 Å². The van der Waals surface area contributed by atoms with E-state index in [2.05, 4.69) is 12.7 Å². The summed E-state index contributed by atoms with van der Waals surface area (Å²) in [5.41, 5.74) is 2.99. The average Bonchev–Trinajstić information content (AvgIpc) is 2.12. The Bertz CT molecular complexity index is 174. The van der Waals surface area contributed by atoms with Crippen LogP contribution in [0, 0.1) is 0 Å². The van der Waals surface area contributed by atoms with Gasteiger partial charge in [0.25, 0.3) is 0 Å². The van der Waals surface area contributed by atoms with Crippen molar-refractivity contribution in [2.45, 2.75) is 60.0 Å². The van der Waals surface area contributed by atoms with E-state index in [1.54, 1.807) is 13.8 Å². The van der Waals surface area contributed by atoms with E-state index in [0.717, 1.165) is 18.8 Å². The molecular formula is C13H26O2. The molecule has 15 heavy (non-hydrogen) atoms. The first-order chi connectivity index (χ1) is 7.04. The molecule has 0 radical (unpaired) electrons. The normalized spacial score (nSPS) is 8.73. The van der Waals surface area contributed by atoms with Gasteiger partial charge in [-0.1, -0.05) is 25.5 Å². The van der Waals surface area contributed by atoms with Crippen LogP contribution >= 0.6 is 0 Å². The van der Waals surface area contributed by atoms with E-state index < -0.39 is 0 Å². The minimum atomic E-state index is -0.167. The van der Waals surface area contributed by atoms with Crippen molar-refractivity contribution in [3.05, 3.63) is 17.6 Å². The van der Waals surface area contributed by atoms with Crippen molar-refractivity contribution in [1.82, 2.24) is 0 Å². The van der Waals surface area contributed by atoms with Crippen LogP contribution in [0.15, 0.2) is 17.6 Å².